The number of halogens is 1. The second kappa shape index (κ2) is 12.5. The number of aliphatic imine (C=N–C) groups is 1. The van der Waals surface area contributed by atoms with Gasteiger partial charge in [-0.3, -0.25) is 4.99 Å². The average Bonchev–Trinajstić information content (AvgIpc) is 2.88. The molecule has 4 rings (SSSR count). The summed E-state index contributed by atoms with van der Waals surface area (Å²) in [5.41, 5.74) is 2.60. The summed E-state index contributed by atoms with van der Waals surface area (Å²) in [5.74, 6) is 1.96. The fourth-order valence-corrected chi connectivity index (χ4v) is 4.79. The molecule has 2 aromatic carbocycles. The van der Waals surface area contributed by atoms with Gasteiger partial charge >= 0.3 is 0 Å². The third-order valence-corrected chi connectivity index (χ3v) is 6.71. The summed E-state index contributed by atoms with van der Waals surface area (Å²) >= 11 is 0. The molecular weight excluding hydrogens is 527 g/mol. The number of piperazine rings is 1. The molecule has 2 aliphatic heterocycles. The molecule has 1 N–H and O–H groups in total. The summed E-state index contributed by atoms with van der Waals surface area (Å²) in [7, 11) is 1.74. The van der Waals surface area contributed by atoms with Crippen LogP contribution >= 0.6 is 24.0 Å². The molecule has 0 saturated carbocycles. The topological polar surface area (TPSA) is 49.3 Å². The second-order valence-corrected chi connectivity index (χ2v) is 8.57. The highest BCUT2D eigenvalue weighted by Crippen LogP contribution is 2.35. The smallest absolute Gasteiger partial charge is 0.194 e. The number of methoxy groups -OCH3 is 1. The maximum atomic E-state index is 5.70. The van der Waals surface area contributed by atoms with E-state index in [0.29, 0.717) is 0 Å². The molecule has 0 radical (unpaired) electrons. The largest absolute Gasteiger partial charge is 0.495 e. The Morgan fingerprint density at radius 1 is 1.00 bits per heavy atom. The molecule has 6 nitrogen and oxygen atoms in total. The number of rotatable bonds is 6. The van der Waals surface area contributed by atoms with Crippen LogP contribution in [-0.4, -0.2) is 70.5 Å². The number of anilines is 1. The predicted octanol–water partition coefficient (Wildman–Crippen LogP) is 4.15. The van der Waals surface area contributed by atoms with Crippen LogP contribution in [0.3, 0.4) is 0 Å². The van der Waals surface area contributed by atoms with E-state index in [1.807, 2.05) is 12.1 Å². The van der Waals surface area contributed by atoms with Crippen LogP contribution in [0.15, 0.2) is 59.6 Å². The molecule has 0 aliphatic carbocycles. The van der Waals surface area contributed by atoms with Crippen molar-refractivity contribution < 1.29 is 9.47 Å². The van der Waals surface area contributed by atoms with Crippen LogP contribution in [0, 0.1) is 0 Å². The lowest BCUT2D eigenvalue weighted by molar-refractivity contribution is 0.0530. The monoisotopic (exact) mass is 564 g/mol. The minimum atomic E-state index is 0. The highest BCUT2D eigenvalue weighted by molar-refractivity contribution is 14.0. The SMILES string of the molecule is CCNC(=NCC1(c2ccccc2)CCOCC1)N1CCN(c2ccccc2OC)CC1.I. The van der Waals surface area contributed by atoms with Crippen molar-refractivity contribution in [2.45, 2.75) is 25.2 Å². The number of hydrogen-bond donors (Lipinski definition) is 1. The molecule has 0 amide bonds. The summed E-state index contributed by atoms with van der Waals surface area (Å²) in [5, 5.41) is 3.54. The molecule has 2 saturated heterocycles. The van der Waals surface area contributed by atoms with Crippen LogP contribution in [0.4, 0.5) is 5.69 Å². The molecule has 2 aliphatic rings. The average molecular weight is 565 g/mol. The van der Waals surface area contributed by atoms with Gasteiger partial charge in [0.1, 0.15) is 5.75 Å². The minimum Gasteiger partial charge on any atom is -0.495 e. The van der Waals surface area contributed by atoms with Gasteiger partial charge in [-0.05, 0) is 37.5 Å². The van der Waals surface area contributed by atoms with E-state index in [0.717, 1.165) is 77.0 Å². The van der Waals surface area contributed by atoms with Gasteiger partial charge in [-0.15, -0.1) is 24.0 Å². The van der Waals surface area contributed by atoms with Crippen molar-refractivity contribution in [3.63, 3.8) is 0 Å². The van der Waals surface area contributed by atoms with Crippen molar-refractivity contribution in [2.24, 2.45) is 4.99 Å². The quantitative estimate of drug-likeness (QED) is 0.325. The molecule has 33 heavy (non-hydrogen) atoms. The van der Waals surface area contributed by atoms with Gasteiger partial charge in [0.15, 0.2) is 5.96 Å². The Morgan fingerprint density at radius 2 is 1.67 bits per heavy atom. The number of benzene rings is 2. The van der Waals surface area contributed by atoms with E-state index in [1.165, 1.54) is 11.3 Å². The van der Waals surface area contributed by atoms with E-state index in [9.17, 15) is 0 Å². The van der Waals surface area contributed by atoms with Gasteiger partial charge in [-0.2, -0.15) is 0 Å². The van der Waals surface area contributed by atoms with Crippen molar-refractivity contribution in [2.75, 3.05) is 64.5 Å². The van der Waals surface area contributed by atoms with Crippen LogP contribution in [0.2, 0.25) is 0 Å². The van der Waals surface area contributed by atoms with Gasteiger partial charge in [-0.1, -0.05) is 42.5 Å². The summed E-state index contributed by atoms with van der Waals surface area (Å²) < 4.78 is 11.3. The number of para-hydroxylation sites is 2. The van der Waals surface area contributed by atoms with E-state index in [1.54, 1.807) is 7.11 Å². The molecule has 0 atom stereocenters. The highest BCUT2D eigenvalue weighted by atomic mass is 127. The summed E-state index contributed by atoms with van der Waals surface area (Å²) in [6, 6.07) is 19.1. The van der Waals surface area contributed by atoms with Crippen LogP contribution in [0.5, 0.6) is 5.75 Å². The van der Waals surface area contributed by atoms with E-state index in [-0.39, 0.29) is 29.4 Å². The molecule has 0 spiro atoms. The Kier molecular flexibility index (Phi) is 9.67. The van der Waals surface area contributed by atoms with E-state index in [4.69, 9.17) is 14.5 Å². The van der Waals surface area contributed by atoms with Gasteiger partial charge in [-0.25, -0.2) is 0 Å². The number of ether oxygens (including phenoxy) is 2. The zero-order valence-corrected chi connectivity index (χ0v) is 22.2. The first kappa shape index (κ1) is 25.6. The Labute approximate surface area is 215 Å². The number of nitrogens with zero attached hydrogens (tertiary/aromatic N) is 3. The number of guanidine groups is 1. The van der Waals surface area contributed by atoms with Crippen molar-refractivity contribution in [1.82, 2.24) is 10.2 Å². The van der Waals surface area contributed by atoms with Crippen LogP contribution in [0.25, 0.3) is 0 Å². The molecule has 180 valence electrons. The summed E-state index contributed by atoms with van der Waals surface area (Å²) in [6.45, 7) is 9.17. The number of nitrogens with one attached hydrogen (secondary N) is 1. The predicted molar refractivity (Wildman–Crippen MR) is 146 cm³/mol. The lowest BCUT2D eigenvalue weighted by Gasteiger charge is -2.39. The number of hydrogen-bond acceptors (Lipinski definition) is 4. The first-order chi connectivity index (χ1) is 15.8. The molecule has 0 bridgehead atoms. The van der Waals surface area contributed by atoms with Gasteiger partial charge in [0, 0.05) is 51.4 Å². The van der Waals surface area contributed by atoms with E-state index in [2.05, 4.69) is 64.5 Å². The van der Waals surface area contributed by atoms with E-state index < -0.39 is 0 Å². The van der Waals surface area contributed by atoms with Crippen molar-refractivity contribution in [3.8, 4) is 5.75 Å². The molecule has 0 unspecified atom stereocenters. The van der Waals surface area contributed by atoms with Crippen LogP contribution in [-0.2, 0) is 10.2 Å². The first-order valence-electron chi connectivity index (χ1n) is 11.8. The highest BCUT2D eigenvalue weighted by Gasteiger charge is 2.34. The van der Waals surface area contributed by atoms with Gasteiger partial charge in [0.05, 0.1) is 19.3 Å². The van der Waals surface area contributed by atoms with Crippen LogP contribution < -0.4 is 15.0 Å². The maximum absolute atomic E-state index is 5.70. The molecule has 2 fully saturated rings. The Bertz CT molecular complexity index is 879. The normalized spacial score (nSPS) is 18.4. The van der Waals surface area contributed by atoms with Gasteiger partial charge in [0.2, 0.25) is 0 Å². The minimum absolute atomic E-state index is 0. The molecule has 2 aromatic rings. The van der Waals surface area contributed by atoms with Gasteiger partial charge in [0.25, 0.3) is 0 Å². The lowest BCUT2D eigenvalue weighted by Crippen LogP contribution is -2.53. The van der Waals surface area contributed by atoms with Gasteiger partial charge < -0.3 is 24.6 Å². The van der Waals surface area contributed by atoms with Crippen molar-refractivity contribution in [3.05, 3.63) is 60.2 Å². The first-order valence-corrected chi connectivity index (χ1v) is 11.8. The zero-order valence-electron chi connectivity index (χ0n) is 19.8. The Balaban J connectivity index is 0.00000306. The fourth-order valence-electron chi connectivity index (χ4n) is 4.79. The lowest BCUT2D eigenvalue weighted by atomic mass is 9.74. The summed E-state index contributed by atoms with van der Waals surface area (Å²) in [6.07, 6.45) is 2.03. The Hall–Kier alpha value is -2.00. The van der Waals surface area contributed by atoms with Crippen molar-refractivity contribution >= 4 is 35.6 Å². The third-order valence-electron chi connectivity index (χ3n) is 6.71. The molecule has 2 heterocycles. The summed E-state index contributed by atoms with van der Waals surface area (Å²) in [4.78, 5) is 9.98. The Morgan fingerprint density at radius 3 is 2.33 bits per heavy atom. The van der Waals surface area contributed by atoms with Crippen LogP contribution in [0.1, 0.15) is 25.3 Å². The second-order valence-electron chi connectivity index (χ2n) is 8.57. The van der Waals surface area contributed by atoms with E-state index >= 15 is 0 Å². The third kappa shape index (κ3) is 6.12. The maximum Gasteiger partial charge on any atom is 0.194 e. The van der Waals surface area contributed by atoms with Crippen molar-refractivity contribution in [1.29, 1.82) is 0 Å². The molecule has 0 aromatic heterocycles. The molecule has 7 heteroatoms. The molecular formula is C26H37IN4O2. The fraction of sp³-hybridized carbons (Fsp3) is 0.500. The zero-order chi connectivity index (χ0) is 22.2. The standard InChI is InChI=1S/C26H36N4O2.HI/c1-3-27-25(28-21-26(13-19-32-20-14-26)22-9-5-4-6-10-22)30-17-15-29(16-18-30)23-11-7-8-12-24(23)31-2;/h4-12H,3,13-21H2,1-2H3,(H,27,28);1H.